The number of ether oxygens (including phenoxy) is 1. The number of nitrogens with zero attached hydrogens (tertiary/aromatic N) is 1. The Labute approximate surface area is 106 Å². The molecule has 0 spiro atoms. The van der Waals surface area contributed by atoms with Gasteiger partial charge in [-0.2, -0.15) is 0 Å². The van der Waals surface area contributed by atoms with Crippen LogP contribution in [0.25, 0.3) is 11.0 Å². The smallest absolute Gasteiger partial charge is 0.0931 e. The van der Waals surface area contributed by atoms with Crippen LogP contribution in [-0.2, 0) is 11.3 Å². The largest absolute Gasteiger partial charge is 0.380 e. The third-order valence-corrected chi connectivity index (χ3v) is 3.56. The minimum absolute atomic E-state index is 0.151. The van der Waals surface area contributed by atoms with Crippen molar-refractivity contribution in [1.29, 1.82) is 0 Å². The van der Waals surface area contributed by atoms with Crippen molar-refractivity contribution in [2.45, 2.75) is 6.54 Å². The van der Waals surface area contributed by atoms with Crippen molar-refractivity contribution in [3.8, 4) is 0 Å². The summed E-state index contributed by atoms with van der Waals surface area (Å²) in [5.41, 5.74) is 9.26. The Morgan fingerprint density at radius 2 is 2.33 bits per heavy atom. The van der Waals surface area contributed by atoms with Crippen LogP contribution < -0.4 is 11.1 Å². The number of hydrogen-bond donors (Lipinski definition) is 3. The number of fused-ring (bicyclic) bond motifs is 1. The van der Waals surface area contributed by atoms with Crippen LogP contribution in [-0.4, -0.2) is 36.3 Å². The minimum atomic E-state index is 0.151. The molecule has 18 heavy (non-hydrogen) atoms. The van der Waals surface area contributed by atoms with Crippen molar-refractivity contribution in [1.82, 2.24) is 15.3 Å². The van der Waals surface area contributed by atoms with Gasteiger partial charge in [-0.3, -0.25) is 0 Å². The lowest BCUT2D eigenvalue weighted by Crippen LogP contribution is -2.54. The average Bonchev–Trinajstić information content (AvgIpc) is 2.80. The van der Waals surface area contributed by atoms with E-state index in [1.54, 1.807) is 6.33 Å². The number of rotatable bonds is 5. The lowest BCUT2D eigenvalue weighted by molar-refractivity contribution is -0.105. The molecule has 0 unspecified atom stereocenters. The number of H-pyrrole nitrogens is 1. The molecule has 1 saturated heterocycles. The van der Waals surface area contributed by atoms with Crippen molar-refractivity contribution in [3.63, 3.8) is 0 Å². The summed E-state index contributed by atoms with van der Waals surface area (Å²) in [6.07, 6.45) is 1.72. The van der Waals surface area contributed by atoms with Gasteiger partial charge in [-0.05, 0) is 17.7 Å². The first kappa shape index (κ1) is 11.6. The molecule has 1 aliphatic rings. The van der Waals surface area contributed by atoms with Gasteiger partial charge >= 0.3 is 0 Å². The molecule has 1 aliphatic heterocycles. The summed E-state index contributed by atoms with van der Waals surface area (Å²) in [6.45, 7) is 3.98. The highest BCUT2D eigenvalue weighted by Crippen LogP contribution is 2.24. The predicted molar refractivity (Wildman–Crippen MR) is 70.1 cm³/mol. The molecule has 1 aromatic heterocycles. The quantitative estimate of drug-likeness (QED) is 0.723. The van der Waals surface area contributed by atoms with Gasteiger partial charge in [0, 0.05) is 25.0 Å². The van der Waals surface area contributed by atoms with Gasteiger partial charge in [-0.25, -0.2) is 4.98 Å². The van der Waals surface area contributed by atoms with Gasteiger partial charge in [0.15, 0.2) is 0 Å². The van der Waals surface area contributed by atoms with Gasteiger partial charge in [0.1, 0.15) is 0 Å². The molecular weight excluding hydrogens is 228 g/mol. The topological polar surface area (TPSA) is 76.0 Å². The molecule has 2 heterocycles. The number of hydrogen-bond acceptors (Lipinski definition) is 4. The standard InChI is InChI=1S/C13H18N4O/c14-5-13(7-18-8-13)6-15-4-10-1-2-11-12(3-10)17-9-16-11/h1-3,9,15H,4-8,14H2,(H,16,17). The van der Waals surface area contributed by atoms with E-state index in [-0.39, 0.29) is 5.41 Å². The summed E-state index contributed by atoms with van der Waals surface area (Å²) in [4.78, 5) is 7.33. The molecule has 5 nitrogen and oxygen atoms in total. The highest BCUT2D eigenvalue weighted by atomic mass is 16.5. The van der Waals surface area contributed by atoms with Crippen LogP contribution in [0, 0.1) is 5.41 Å². The Balaban J connectivity index is 1.59. The van der Waals surface area contributed by atoms with Gasteiger partial charge < -0.3 is 20.8 Å². The Hall–Kier alpha value is -1.43. The van der Waals surface area contributed by atoms with E-state index < -0.39 is 0 Å². The molecule has 0 radical (unpaired) electrons. The van der Waals surface area contributed by atoms with Gasteiger partial charge in [-0.15, -0.1) is 0 Å². The van der Waals surface area contributed by atoms with E-state index in [1.165, 1.54) is 5.56 Å². The fourth-order valence-corrected chi connectivity index (χ4v) is 2.25. The fourth-order valence-electron chi connectivity index (χ4n) is 2.25. The molecule has 0 saturated carbocycles. The molecule has 3 rings (SSSR count). The lowest BCUT2D eigenvalue weighted by atomic mass is 9.86. The average molecular weight is 246 g/mol. The summed E-state index contributed by atoms with van der Waals surface area (Å²) in [6, 6.07) is 6.26. The van der Waals surface area contributed by atoms with Gasteiger partial charge in [0.25, 0.3) is 0 Å². The Morgan fingerprint density at radius 1 is 1.44 bits per heavy atom. The zero-order valence-corrected chi connectivity index (χ0v) is 10.3. The summed E-state index contributed by atoms with van der Waals surface area (Å²) in [5.74, 6) is 0. The van der Waals surface area contributed by atoms with Crippen LogP contribution in [0.1, 0.15) is 5.56 Å². The van der Waals surface area contributed by atoms with Crippen LogP contribution in [0.15, 0.2) is 24.5 Å². The summed E-state index contributed by atoms with van der Waals surface area (Å²) in [7, 11) is 0. The van der Waals surface area contributed by atoms with Crippen molar-refractivity contribution in [2.75, 3.05) is 26.3 Å². The van der Waals surface area contributed by atoms with Crippen molar-refractivity contribution in [2.24, 2.45) is 11.1 Å². The first-order valence-electron chi connectivity index (χ1n) is 6.22. The third-order valence-electron chi connectivity index (χ3n) is 3.56. The maximum absolute atomic E-state index is 5.78. The van der Waals surface area contributed by atoms with E-state index in [2.05, 4.69) is 27.4 Å². The van der Waals surface area contributed by atoms with Gasteiger partial charge in [0.05, 0.1) is 30.6 Å². The van der Waals surface area contributed by atoms with Crippen LogP contribution in [0.2, 0.25) is 0 Å². The van der Waals surface area contributed by atoms with E-state index in [0.29, 0.717) is 6.54 Å². The molecule has 1 fully saturated rings. The zero-order chi connectivity index (χ0) is 12.4. The predicted octanol–water partition coefficient (Wildman–Crippen LogP) is 0.628. The Morgan fingerprint density at radius 3 is 3.06 bits per heavy atom. The van der Waals surface area contributed by atoms with Crippen LogP contribution >= 0.6 is 0 Å². The molecule has 2 aromatic rings. The van der Waals surface area contributed by atoms with Crippen LogP contribution in [0.3, 0.4) is 0 Å². The number of imidazole rings is 1. The van der Waals surface area contributed by atoms with Crippen molar-refractivity contribution < 1.29 is 4.74 Å². The van der Waals surface area contributed by atoms with Crippen LogP contribution in [0.4, 0.5) is 0 Å². The van der Waals surface area contributed by atoms with E-state index in [1.807, 2.05) is 6.07 Å². The molecule has 0 amide bonds. The Kier molecular flexibility index (Phi) is 3.03. The van der Waals surface area contributed by atoms with E-state index >= 15 is 0 Å². The maximum atomic E-state index is 5.78. The second kappa shape index (κ2) is 4.68. The highest BCUT2D eigenvalue weighted by Gasteiger charge is 2.36. The van der Waals surface area contributed by atoms with Gasteiger partial charge in [-0.1, -0.05) is 6.07 Å². The molecule has 96 valence electrons. The third kappa shape index (κ3) is 2.12. The molecular formula is C13H18N4O. The van der Waals surface area contributed by atoms with Crippen LogP contribution in [0.5, 0.6) is 0 Å². The molecule has 0 bridgehead atoms. The summed E-state index contributed by atoms with van der Waals surface area (Å²) < 4.78 is 5.25. The summed E-state index contributed by atoms with van der Waals surface area (Å²) >= 11 is 0. The first-order chi connectivity index (χ1) is 8.81. The van der Waals surface area contributed by atoms with Crippen molar-refractivity contribution >= 4 is 11.0 Å². The second-order valence-corrected chi connectivity index (χ2v) is 5.05. The number of benzene rings is 1. The van der Waals surface area contributed by atoms with Crippen molar-refractivity contribution in [3.05, 3.63) is 30.1 Å². The molecule has 4 N–H and O–H groups in total. The minimum Gasteiger partial charge on any atom is -0.380 e. The lowest BCUT2D eigenvalue weighted by Gasteiger charge is -2.40. The van der Waals surface area contributed by atoms with Gasteiger partial charge in [0.2, 0.25) is 0 Å². The zero-order valence-electron chi connectivity index (χ0n) is 10.3. The highest BCUT2D eigenvalue weighted by molar-refractivity contribution is 5.74. The fraction of sp³-hybridized carbons (Fsp3) is 0.462. The van der Waals surface area contributed by atoms with E-state index in [9.17, 15) is 0 Å². The van der Waals surface area contributed by atoms with E-state index in [0.717, 1.165) is 37.3 Å². The number of nitrogens with one attached hydrogen (secondary N) is 2. The summed E-state index contributed by atoms with van der Waals surface area (Å²) in [5, 5.41) is 3.46. The number of nitrogens with two attached hydrogens (primary N) is 1. The second-order valence-electron chi connectivity index (χ2n) is 5.05. The molecule has 0 atom stereocenters. The first-order valence-corrected chi connectivity index (χ1v) is 6.22. The molecule has 0 aliphatic carbocycles. The number of aromatic nitrogens is 2. The monoisotopic (exact) mass is 246 g/mol. The maximum Gasteiger partial charge on any atom is 0.0931 e. The molecule has 5 heteroatoms. The van der Waals surface area contributed by atoms with E-state index in [4.69, 9.17) is 10.5 Å². The normalized spacial score (nSPS) is 17.8. The molecule has 1 aromatic carbocycles. The Bertz CT molecular complexity index is 527. The number of aromatic amines is 1. The SMILES string of the molecule is NCC1(CNCc2ccc3nc[nH]c3c2)COC1.